The first-order valence-electron chi connectivity index (χ1n) is 6.48. The van der Waals surface area contributed by atoms with Crippen LogP contribution in [0.25, 0.3) is 0 Å². The zero-order chi connectivity index (χ0) is 14.0. The van der Waals surface area contributed by atoms with Crippen LogP contribution in [0.4, 0.5) is 5.69 Å². The molecule has 1 unspecified atom stereocenters. The van der Waals surface area contributed by atoms with Crippen molar-refractivity contribution in [2.45, 2.75) is 45.4 Å². The van der Waals surface area contributed by atoms with Gasteiger partial charge in [0, 0.05) is 18.8 Å². The lowest BCUT2D eigenvalue weighted by molar-refractivity contribution is -0.129. The molecule has 0 radical (unpaired) electrons. The lowest BCUT2D eigenvalue weighted by Crippen LogP contribution is -2.37. The number of nitrogens with zero attached hydrogens (tertiary/aromatic N) is 1. The number of esters is 1. The Morgan fingerprint density at radius 3 is 2.84 bits per heavy atom. The van der Waals surface area contributed by atoms with Gasteiger partial charge < -0.3 is 20.4 Å². The zero-order valence-corrected chi connectivity index (χ0v) is 11.2. The lowest BCUT2D eigenvalue weighted by atomic mass is 10.3. The van der Waals surface area contributed by atoms with E-state index in [2.05, 4.69) is 5.32 Å². The number of nitrogens with two attached hydrogens (primary N) is 1. The molecule has 1 saturated carbocycles. The van der Waals surface area contributed by atoms with Crippen LogP contribution in [0.2, 0.25) is 0 Å². The highest BCUT2D eigenvalue weighted by Crippen LogP contribution is 2.19. The standard InChI is InChI=1S/C13H19N3O3/c1-3-16-7-9(14)6-11(16)13(18)19-8(2)12(17)15-10-4-5-10/h6-8,10H,3-5,14H2,1-2H3,(H,15,17). The number of hydrogen-bond acceptors (Lipinski definition) is 4. The van der Waals surface area contributed by atoms with E-state index in [4.69, 9.17) is 10.5 Å². The van der Waals surface area contributed by atoms with Gasteiger partial charge in [0.2, 0.25) is 0 Å². The molecule has 1 heterocycles. The number of nitrogen functional groups attached to an aromatic ring is 1. The summed E-state index contributed by atoms with van der Waals surface area (Å²) in [6.45, 7) is 4.09. The van der Waals surface area contributed by atoms with Crippen molar-refractivity contribution in [2.75, 3.05) is 5.73 Å². The van der Waals surface area contributed by atoms with Crippen molar-refractivity contribution in [3.05, 3.63) is 18.0 Å². The summed E-state index contributed by atoms with van der Waals surface area (Å²) in [5, 5.41) is 2.80. The molecule has 6 nitrogen and oxygen atoms in total. The van der Waals surface area contributed by atoms with Crippen LogP contribution in [-0.4, -0.2) is 28.6 Å². The molecule has 104 valence electrons. The van der Waals surface area contributed by atoms with Gasteiger partial charge in [-0.1, -0.05) is 0 Å². The fraction of sp³-hybridized carbons (Fsp3) is 0.538. The number of anilines is 1. The highest BCUT2D eigenvalue weighted by molar-refractivity contribution is 5.92. The predicted octanol–water partition coefficient (Wildman–Crippen LogP) is 0.914. The van der Waals surface area contributed by atoms with Crippen LogP contribution < -0.4 is 11.1 Å². The van der Waals surface area contributed by atoms with Crippen molar-refractivity contribution in [2.24, 2.45) is 0 Å². The van der Waals surface area contributed by atoms with Crippen molar-refractivity contribution in [1.82, 2.24) is 9.88 Å². The first kappa shape index (κ1) is 13.5. The normalized spacial score (nSPS) is 15.9. The number of nitrogens with one attached hydrogen (secondary N) is 1. The zero-order valence-electron chi connectivity index (χ0n) is 11.2. The van der Waals surface area contributed by atoms with Gasteiger partial charge in [0.25, 0.3) is 5.91 Å². The molecular formula is C13H19N3O3. The van der Waals surface area contributed by atoms with Gasteiger partial charge in [0.1, 0.15) is 5.69 Å². The number of rotatable bonds is 5. The van der Waals surface area contributed by atoms with Gasteiger partial charge in [-0.15, -0.1) is 0 Å². The monoisotopic (exact) mass is 265 g/mol. The van der Waals surface area contributed by atoms with E-state index in [-0.39, 0.29) is 11.9 Å². The third kappa shape index (κ3) is 3.27. The van der Waals surface area contributed by atoms with E-state index >= 15 is 0 Å². The van der Waals surface area contributed by atoms with Gasteiger partial charge in [-0.2, -0.15) is 0 Å². The number of carbonyl (C=O) groups is 2. The van der Waals surface area contributed by atoms with E-state index in [0.29, 0.717) is 17.9 Å². The molecule has 0 bridgehead atoms. The number of ether oxygens (including phenoxy) is 1. The molecule has 0 spiro atoms. The Bertz CT molecular complexity index is 491. The van der Waals surface area contributed by atoms with Crippen LogP contribution in [0.15, 0.2) is 12.3 Å². The lowest BCUT2D eigenvalue weighted by Gasteiger charge is -2.13. The van der Waals surface area contributed by atoms with Crippen molar-refractivity contribution in [1.29, 1.82) is 0 Å². The Kier molecular flexibility index (Phi) is 3.78. The highest BCUT2D eigenvalue weighted by Gasteiger charge is 2.27. The molecule has 19 heavy (non-hydrogen) atoms. The SMILES string of the molecule is CCn1cc(N)cc1C(=O)OC(C)C(=O)NC1CC1. The third-order valence-corrected chi connectivity index (χ3v) is 3.04. The molecule has 1 fully saturated rings. The Balaban J connectivity index is 1.97. The van der Waals surface area contributed by atoms with Crippen LogP contribution in [0, 0.1) is 0 Å². The van der Waals surface area contributed by atoms with Gasteiger partial charge in [-0.25, -0.2) is 4.79 Å². The van der Waals surface area contributed by atoms with Gasteiger partial charge in [0.05, 0.1) is 5.69 Å². The second-order valence-corrected chi connectivity index (χ2v) is 4.78. The number of hydrogen-bond donors (Lipinski definition) is 2. The molecular weight excluding hydrogens is 246 g/mol. The Hall–Kier alpha value is -1.98. The molecule has 3 N–H and O–H groups in total. The summed E-state index contributed by atoms with van der Waals surface area (Å²) in [7, 11) is 0. The maximum atomic E-state index is 12.0. The van der Waals surface area contributed by atoms with E-state index in [1.165, 1.54) is 0 Å². The van der Waals surface area contributed by atoms with E-state index in [9.17, 15) is 9.59 Å². The smallest absolute Gasteiger partial charge is 0.355 e. The molecule has 6 heteroatoms. The Labute approximate surface area is 111 Å². The van der Waals surface area contributed by atoms with E-state index in [1.807, 2.05) is 6.92 Å². The number of amides is 1. The maximum absolute atomic E-state index is 12.0. The number of carbonyl (C=O) groups excluding carboxylic acids is 2. The summed E-state index contributed by atoms with van der Waals surface area (Å²) in [4.78, 5) is 23.7. The average molecular weight is 265 g/mol. The van der Waals surface area contributed by atoms with Gasteiger partial charge >= 0.3 is 5.97 Å². The topological polar surface area (TPSA) is 86.3 Å². The van der Waals surface area contributed by atoms with E-state index < -0.39 is 12.1 Å². The summed E-state index contributed by atoms with van der Waals surface area (Å²) >= 11 is 0. The van der Waals surface area contributed by atoms with Crippen LogP contribution >= 0.6 is 0 Å². The molecule has 1 atom stereocenters. The minimum Gasteiger partial charge on any atom is -0.448 e. The largest absolute Gasteiger partial charge is 0.448 e. The summed E-state index contributed by atoms with van der Waals surface area (Å²) < 4.78 is 6.85. The van der Waals surface area contributed by atoms with Crippen LogP contribution in [0.3, 0.4) is 0 Å². The molecule has 1 amide bonds. The van der Waals surface area contributed by atoms with Crippen LogP contribution in [0.5, 0.6) is 0 Å². The highest BCUT2D eigenvalue weighted by atomic mass is 16.5. The van der Waals surface area contributed by atoms with Crippen molar-refractivity contribution in [3.63, 3.8) is 0 Å². The minimum atomic E-state index is -0.797. The molecule has 0 aliphatic heterocycles. The average Bonchev–Trinajstić information content (AvgIpc) is 3.09. The Morgan fingerprint density at radius 1 is 1.58 bits per heavy atom. The summed E-state index contributed by atoms with van der Waals surface area (Å²) in [6, 6.07) is 1.81. The molecule has 1 aromatic rings. The first-order valence-corrected chi connectivity index (χ1v) is 6.48. The maximum Gasteiger partial charge on any atom is 0.355 e. The fourth-order valence-electron chi connectivity index (χ4n) is 1.79. The van der Waals surface area contributed by atoms with Crippen LogP contribution in [-0.2, 0) is 16.1 Å². The van der Waals surface area contributed by atoms with Gasteiger partial charge in [0.15, 0.2) is 6.10 Å². The summed E-state index contributed by atoms with van der Waals surface area (Å²) in [6.07, 6.45) is 2.88. The van der Waals surface area contributed by atoms with E-state index in [1.54, 1.807) is 23.8 Å². The Morgan fingerprint density at radius 2 is 2.26 bits per heavy atom. The van der Waals surface area contributed by atoms with Crippen molar-refractivity contribution >= 4 is 17.6 Å². The minimum absolute atomic E-state index is 0.251. The molecule has 0 saturated heterocycles. The van der Waals surface area contributed by atoms with Crippen molar-refractivity contribution in [3.8, 4) is 0 Å². The molecule has 1 aliphatic rings. The van der Waals surface area contributed by atoms with E-state index in [0.717, 1.165) is 12.8 Å². The quantitative estimate of drug-likeness (QED) is 0.775. The second kappa shape index (κ2) is 5.34. The second-order valence-electron chi connectivity index (χ2n) is 4.78. The van der Waals surface area contributed by atoms with Gasteiger partial charge in [-0.3, -0.25) is 4.79 Å². The van der Waals surface area contributed by atoms with Gasteiger partial charge in [-0.05, 0) is 32.8 Å². The molecule has 1 aliphatic carbocycles. The first-order chi connectivity index (χ1) is 9.01. The predicted molar refractivity (Wildman–Crippen MR) is 70.6 cm³/mol. The molecule has 0 aromatic carbocycles. The number of aryl methyl sites for hydroxylation is 1. The summed E-state index contributed by atoms with van der Waals surface area (Å²) in [5.41, 5.74) is 6.52. The van der Waals surface area contributed by atoms with Crippen LogP contribution in [0.1, 0.15) is 37.2 Å². The summed E-state index contributed by atoms with van der Waals surface area (Å²) in [5.74, 6) is -0.782. The van der Waals surface area contributed by atoms with Crippen molar-refractivity contribution < 1.29 is 14.3 Å². The third-order valence-electron chi connectivity index (χ3n) is 3.04. The molecule has 2 rings (SSSR count). The molecule has 1 aromatic heterocycles. The number of aromatic nitrogens is 1. The fourth-order valence-corrected chi connectivity index (χ4v) is 1.79.